The van der Waals surface area contributed by atoms with Crippen molar-refractivity contribution in [3.05, 3.63) is 88.5 Å². The highest BCUT2D eigenvalue weighted by Gasteiger charge is 2.44. The summed E-state index contributed by atoms with van der Waals surface area (Å²) in [5.74, 6) is -0.456. The average molecular weight is 686 g/mol. The third kappa shape index (κ3) is 6.41. The molecule has 12 heteroatoms. The number of aliphatic imine (C=N–C) groups is 1. The van der Waals surface area contributed by atoms with Crippen molar-refractivity contribution in [1.82, 2.24) is 0 Å². The van der Waals surface area contributed by atoms with Gasteiger partial charge in [-0.3, -0.25) is 9.79 Å². The molecule has 0 saturated carbocycles. The van der Waals surface area contributed by atoms with Gasteiger partial charge in [-0.1, -0.05) is 39.0 Å². The molecule has 0 saturated heterocycles. The summed E-state index contributed by atoms with van der Waals surface area (Å²) in [6, 6.07) is 16.2. The summed E-state index contributed by atoms with van der Waals surface area (Å²) < 4.78 is 34.0. The van der Waals surface area contributed by atoms with Gasteiger partial charge in [0.15, 0.2) is 17.6 Å². The molecule has 0 fully saturated rings. The first-order valence-corrected chi connectivity index (χ1v) is 15.9. The zero-order valence-electron chi connectivity index (χ0n) is 28.5. The van der Waals surface area contributed by atoms with E-state index in [1.165, 1.54) is 39.7 Å². The summed E-state index contributed by atoms with van der Waals surface area (Å²) >= 11 is 0. The number of hydrogen-bond donors (Lipinski definition) is 4. The van der Waals surface area contributed by atoms with Gasteiger partial charge < -0.3 is 48.8 Å². The maximum absolute atomic E-state index is 12.2. The number of aliphatic hydroxyl groups excluding tert-OH is 1. The molecular weight excluding hydrogens is 646 g/mol. The largest absolute Gasteiger partial charge is 0.508 e. The van der Waals surface area contributed by atoms with Crippen LogP contribution in [0, 0.1) is 0 Å². The van der Waals surface area contributed by atoms with Crippen LogP contribution in [0.2, 0.25) is 0 Å². The Labute approximate surface area is 289 Å². The maximum Gasteiger partial charge on any atom is 0.313 e. The van der Waals surface area contributed by atoms with E-state index in [0.29, 0.717) is 45.4 Å². The van der Waals surface area contributed by atoms with Gasteiger partial charge in [-0.15, -0.1) is 0 Å². The van der Waals surface area contributed by atoms with Gasteiger partial charge in [0.25, 0.3) is 6.29 Å². The van der Waals surface area contributed by atoms with Crippen LogP contribution < -0.4 is 23.7 Å². The lowest BCUT2D eigenvalue weighted by Gasteiger charge is -2.38. The number of benzene rings is 4. The number of ether oxygens (including phenoxy) is 6. The predicted molar refractivity (Wildman–Crippen MR) is 183 cm³/mol. The predicted octanol–water partition coefficient (Wildman–Crippen LogP) is 6.16. The number of aliphatic hydroxyl groups is 1. The van der Waals surface area contributed by atoms with E-state index in [-0.39, 0.29) is 40.4 Å². The molecule has 0 radical (unpaired) electrons. The summed E-state index contributed by atoms with van der Waals surface area (Å²) in [4.78, 5) is 16.6. The molecule has 2 heterocycles. The number of esters is 1. The van der Waals surface area contributed by atoms with E-state index < -0.39 is 30.4 Å². The van der Waals surface area contributed by atoms with Crippen LogP contribution >= 0.6 is 0 Å². The van der Waals surface area contributed by atoms with Gasteiger partial charge in [-0.25, -0.2) is 0 Å². The summed E-state index contributed by atoms with van der Waals surface area (Å²) in [5.41, 5.74) is 2.27. The van der Waals surface area contributed by atoms with Crippen LogP contribution in [0.4, 0.5) is 5.69 Å². The summed E-state index contributed by atoms with van der Waals surface area (Å²) in [6.07, 6.45) is -1.92. The van der Waals surface area contributed by atoms with Gasteiger partial charge in [-0.2, -0.15) is 0 Å². The van der Waals surface area contributed by atoms with Crippen LogP contribution in [0.25, 0.3) is 0 Å². The van der Waals surface area contributed by atoms with Crippen molar-refractivity contribution in [1.29, 1.82) is 0 Å². The first kappa shape index (κ1) is 34.3. The molecular formula is C38H39NO11. The highest BCUT2D eigenvalue weighted by atomic mass is 16.7. The SMILES string of the molecule is COC(=O)CC1Oc2ccc(C3Oc4cc(O)cc(O)c4C(c4c(N=Cc5cccc(C(C)(C)C)c5O)cc(OC)cc4OC)C3O)cc2O1. The van der Waals surface area contributed by atoms with Gasteiger partial charge in [0.05, 0.1) is 32.9 Å². The first-order chi connectivity index (χ1) is 23.8. The lowest BCUT2D eigenvalue weighted by atomic mass is 9.78. The van der Waals surface area contributed by atoms with E-state index in [0.717, 1.165) is 5.56 Å². The molecule has 4 N–H and O–H groups in total. The molecule has 2 aliphatic rings. The molecule has 4 aromatic carbocycles. The molecule has 50 heavy (non-hydrogen) atoms. The monoisotopic (exact) mass is 685 g/mol. The number of aromatic hydroxyl groups is 3. The Bertz CT molecular complexity index is 1970. The van der Waals surface area contributed by atoms with E-state index in [4.69, 9.17) is 33.4 Å². The fraction of sp³-hybridized carbons (Fsp3) is 0.316. The lowest BCUT2D eigenvalue weighted by molar-refractivity contribution is -0.145. The second-order valence-corrected chi connectivity index (χ2v) is 13.0. The quantitative estimate of drug-likeness (QED) is 0.124. The molecule has 0 amide bonds. The van der Waals surface area contributed by atoms with Crippen molar-refractivity contribution < 1.29 is 53.6 Å². The summed E-state index contributed by atoms with van der Waals surface area (Å²) in [5, 5.41) is 45.1. The third-order valence-corrected chi connectivity index (χ3v) is 8.77. The van der Waals surface area contributed by atoms with Crippen LogP contribution in [0.1, 0.15) is 67.0 Å². The third-order valence-electron chi connectivity index (χ3n) is 8.77. The van der Waals surface area contributed by atoms with E-state index >= 15 is 0 Å². The molecule has 6 rings (SSSR count). The molecule has 0 aliphatic carbocycles. The smallest absolute Gasteiger partial charge is 0.313 e. The van der Waals surface area contributed by atoms with Crippen molar-refractivity contribution in [2.75, 3.05) is 21.3 Å². The Balaban J connectivity index is 1.48. The Morgan fingerprint density at radius 2 is 1.64 bits per heavy atom. The van der Waals surface area contributed by atoms with E-state index in [1.54, 1.807) is 36.4 Å². The minimum Gasteiger partial charge on any atom is -0.508 e. The number of carbonyl (C=O) groups excluding carboxylic acids is 1. The van der Waals surface area contributed by atoms with Gasteiger partial charge in [0.1, 0.15) is 47.0 Å². The molecule has 4 atom stereocenters. The minimum absolute atomic E-state index is 0.0847. The molecule has 0 spiro atoms. The number of phenols is 3. The number of phenolic OH excluding ortho intramolecular Hbond substituents is 3. The van der Waals surface area contributed by atoms with Gasteiger partial charge in [0, 0.05) is 47.2 Å². The van der Waals surface area contributed by atoms with Crippen molar-refractivity contribution in [3.63, 3.8) is 0 Å². The molecule has 0 aromatic heterocycles. The molecule has 0 bridgehead atoms. The van der Waals surface area contributed by atoms with Crippen LogP contribution in [0.3, 0.4) is 0 Å². The Kier molecular flexibility index (Phi) is 9.15. The van der Waals surface area contributed by atoms with Gasteiger partial charge in [0.2, 0.25) is 0 Å². The second kappa shape index (κ2) is 13.4. The van der Waals surface area contributed by atoms with Crippen LogP contribution in [0.5, 0.6) is 46.0 Å². The molecule has 4 unspecified atom stereocenters. The average Bonchev–Trinajstić information content (AvgIpc) is 3.48. The lowest BCUT2D eigenvalue weighted by Crippen LogP contribution is -2.35. The fourth-order valence-corrected chi connectivity index (χ4v) is 6.34. The van der Waals surface area contributed by atoms with E-state index in [9.17, 15) is 25.2 Å². The minimum atomic E-state index is -1.36. The van der Waals surface area contributed by atoms with Gasteiger partial charge >= 0.3 is 5.97 Å². The normalized spacial score (nSPS) is 19.5. The van der Waals surface area contributed by atoms with Crippen molar-refractivity contribution >= 4 is 17.9 Å². The zero-order chi connectivity index (χ0) is 35.9. The van der Waals surface area contributed by atoms with Crippen molar-refractivity contribution in [3.8, 4) is 46.0 Å². The van der Waals surface area contributed by atoms with Crippen LogP contribution in [-0.2, 0) is 14.9 Å². The van der Waals surface area contributed by atoms with E-state index in [2.05, 4.69) is 0 Å². The number of para-hydroxylation sites is 1. The van der Waals surface area contributed by atoms with Crippen LogP contribution in [-0.4, -0.2) is 66.3 Å². The summed E-state index contributed by atoms with van der Waals surface area (Å²) in [6.45, 7) is 6.00. The van der Waals surface area contributed by atoms with Crippen molar-refractivity contribution in [2.45, 2.75) is 57.0 Å². The Morgan fingerprint density at radius 3 is 2.34 bits per heavy atom. The highest BCUT2D eigenvalue weighted by Crippen LogP contribution is 2.55. The van der Waals surface area contributed by atoms with Crippen LogP contribution in [0.15, 0.2) is 65.7 Å². The zero-order valence-corrected chi connectivity index (χ0v) is 28.5. The standard InChI is InChI=1S/C38H39NO11/c1-38(2,3)23-9-7-8-20(35(23)43)18-39-24-15-22(45-4)16-28(46-5)32(24)34-33-25(41)13-21(40)14-29(33)50-37(36(34)44)19-10-11-26-27(12-19)49-31(48-26)17-30(42)47-6/h7-16,18,31,34,36-37,40-41,43-44H,17H2,1-6H3. The van der Waals surface area contributed by atoms with E-state index in [1.807, 2.05) is 32.9 Å². The summed E-state index contributed by atoms with van der Waals surface area (Å²) in [7, 11) is 4.24. The first-order valence-electron chi connectivity index (χ1n) is 15.9. The maximum atomic E-state index is 12.2. The number of methoxy groups -OCH3 is 3. The number of carbonyl (C=O) groups is 1. The topological polar surface area (TPSA) is 166 Å². The molecule has 12 nitrogen and oxygen atoms in total. The van der Waals surface area contributed by atoms with Crippen molar-refractivity contribution in [2.24, 2.45) is 4.99 Å². The molecule has 2 aliphatic heterocycles. The Morgan fingerprint density at radius 1 is 0.880 bits per heavy atom. The molecule has 262 valence electrons. The highest BCUT2D eigenvalue weighted by molar-refractivity contribution is 5.87. The molecule has 4 aromatic rings. The number of fused-ring (bicyclic) bond motifs is 2. The fourth-order valence-electron chi connectivity index (χ4n) is 6.34. The Hall–Kier alpha value is -5.62. The number of hydrogen-bond acceptors (Lipinski definition) is 12. The van der Waals surface area contributed by atoms with Gasteiger partial charge in [-0.05, 0) is 34.7 Å². The number of rotatable bonds is 8. The number of nitrogens with zero attached hydrogens (tertiary/aromatic N) is 1. The second-order valence-electron chi connectivity index (χ2n) is 13.0.